The Balaban J connectivity index is 0.000001000. The monoisotopic (exact) mass is 180 g/mol. The normalized spacial score (nSPS) is 8.09. The molecule has 0 fully saturated rings. The van der Waals surface area contributed by atoms with Crippen LogP contribution in [-0.2, 0) is 0 Å². The van der Waals surface area contributed by atoms with Crippen molar-refractivity contribution in [3.8, 4) is 5.75 Å². The molecule has 0 aliphatic carbocycles. The molecule has 0 saturated heterocycles. The molecule has 11 heavy (non-hydrogen) atoms. The standard InChI is InChI=1S/C7H5ClO2.Na.H/c8-7(9)10-6-4-2-1-3-5-6;;/h1-5H;;. The fourth-order valence-electron chi connectivity index (χ4n) is 0.581. The second-order valence-corrected chi connectivity index (χ2v) is 1.96. The topological polar surface area (TPSA) is 26.3 Å². The third-order valence-electron chi connectivity index (χ3n) is 0.941. The SMILES string of the molecule is O=C(Cl)Oc1ccccc1.[NaH]. The molecule has 2 nitrogen and oxygen atoms in total. The van der Waals surface area contributed by atoms with Gasteiger partial charge in [0.15, 0.2) is 0 Å². The van der Waals surface area contributed by atoms with E-state index in [4.69, 9.17) is 11.6 Å². The van der Waals surface area contributed by atoms with Crippen LogP contribution in [-0.4, -0.2) is 35.0 Å². The summed E-state index contributed by atoms with van der Waals surface area (Å²) in [6, 6.07) is 8.65. The van der Waals surface area contributed by atoms with Gasteiger partial charge in [-0.2, -0.15) is 0 Å². The van der Waals surface area contributed by atoms with Crippen LogP contribution >= 0.6 is 11.6 Å². The molecule has 0 amide bonds. The van der Waals surface area contributed by atoms with Crippen LogP contribution in [0.1, 0.15) is 0 Å². The molecule has 1 aromatic rings. The summed E-state index contributed by atoms with van der Waals surface area (Å²) in [5, 5.41) is 0. The number of hydrogen-bond acceptors (Lipinski definition) is 2. The summed E-state index contributed by atoms with van der Waals surface area (Å²) >= 11 is 4.95. The Kier molecular flexibility index (Phi) is 5.60. The van der Waals surface area contributed by atoms with E-state index in [1.165, 1.54) is 0 Å². The van der Waals surface area contributed by atoms with Gasteiger partial charge in [-0.3, -0.25) is 0 Å². The zero-order valence-corrected chi connectivity index (χ0v) is 5.84. The summed E-state index contributed by atoms with van der Waals surface area (Å²) in [4.78, 5) is 10.2. The van der Waals surface area contributed by atoms with E-state index in [9.17, 15) is 4.79 Å². The molecule has 0 aliphatic rings. The fraction of sp³-hybridized carbons (Fsp3) is 0. The van der Waals surface area contributed by atoms with Gasteiger partial charge in [-0.1, -0.05) is 18.2 Å². The summed E-state index contributed by atoms with van der Waals surface area (Å²) in [5.74, 6) is 0.461. The number of rotatable bonds is 1. The number of benzene rings is 1. The van der Waals surface area contributed by atoms with E-state index in [0.29, 0.717) is 5.75 Å². The quantitative estimate of drug-likeness (QED) is 0.487. The Morgan fingerprint density at radius 1 is 1.27 bits per heavy atom. The summed E-state index contributed by atoms with van der Waals surface area (Å²) in [6.45, 7) is 0. The third-order valence-corrected chi connectivity index (χ3v) is 1.02. The molecule has 1 rings (SSSR count). The van der Waals surface area contributed by atoms with E-state index in [1.807, 2.05) is 6.07 Å². The fourth-order valence-corrected chi connectivity index (χ4v) is 0.670. The zero-order chi connectivity index (χ0) is 7.40. The molecule has 0 atom stereocenters. The maximum absolute atomic E-state index is 10.2. The number of ether oxygens (including phenoxy) is 1. The predicted octanol–water partition coefficient (Wildman–Crippen LogP) is 1.78. The van der Waals surface area contributed by atoms with E-state index in [0.717, 1.165) is 0 Å². The van der Waals surface area contributed by atoms with Gasteiger partial charge in [0.1, 0.15) is 5.75 Å². The summed E-state index contributed by atoms with van der Waals surface area (Å²) in [6.07, 6.45) is 0. The van der Waals surface area contributed by atoms with Crippen LogP contribution in [0.15, 0.2) is 30.3 Å². The van der Waals surface area contributed by atoms with Gasteiger partial charge >= 0.3 is 35.0 Å². The molecule has 0 N–H and O–H groups in total. The van der Waals surface area contributed by atoms with Crippen molar-refractivity contribution in [3.63, 3.8) is 0 Å². The summed E-state index contributed by atoms with van der Waals surface area (Å²) in [7, 11) is 0. The van der Waals surface area contributed by atoms with Crippen LogP contribution in [0.2, 0.25) is 0 Å². The van der Waals surface area contributed by atoms with Crippen molar-refractivity contribution in [2.45, 2.75) is 0 Å². The van der Waals surface area contributed by atoms with Gasteiger partial charge in [0.2, 0.25) is 0 Å². The van der Waals surface area contributed by atoms with Crippen molar-refractivity contribution in [2.24, 2.45) is 0 Å². The number of carbonyl (C=O) groups is 1. The second-order valence-electron chi connectivity index (χ2n) is 1.65. The van der Waals surface area contributed by atoms with Crippen LogP contribution in [0.4, 0.5) is 4.79 Å². The van der Waals surface area contributed by atoms with E-state index >= 15 is 0 Å². The Morgan fingerprint density at radius 2 is 1.82 bits per heavy atom. The summed E-state index contributed by atoms with van der Waals surface area (Å²) in [5.41, 5.74) is -0.814. The van der Waals surface area contributed by atoms with Crippen LogP contribution in [0.3, 0.4) is 0 Å². The average Bonchev–Trinajstić information content (AvgIpc) is 1.88. The van der Waals surface area contributed by atoms with Gasteiger partial charge in [0.25, 0.3) is 0 Å². The predicted molar refractivity (Wildman–Crippen MR) is 45.5 cm³/mol. The third kappa shape index (κ3) is 4.43. The van der Waals surface area contributed by atoms with Crippen molar-refractivity contribution in [3.05, 3.63) is 30.3 Å². The molecular formula is C7H6ClNaO2. The Hall–Kier alpha value is -0.0200. The molecule has 0 radical (unpaired) electrons. The van der Waals surface area contributed by atoms with Crippen molar-refractivity contribution >= 4 is 46.6 Å². The molecule has 4 heteroatoms. The number of halogens is 1. The molecule has 1 aromatic carbocycles. The van der Waals surface area contributed by atoms with Crippen molar-refractivity contribution in [1.29, 1.82) is 0 Å². The van der Waals surface area contributed by atoms with E-state index in [2.05, 4.69) is 4.74 Å². The average molecular weight is 181 g/mol. The van der Waals surface area contributed by atoms with Crippen LogP contribution < -0.4 is 4.74 Å². The van der Waals surface area contributed by atoms with Crippen LogP contribution in [0, 0.1) is 0 Å². The number of hydrogen-bond donors (Lipinski definition) is 0. The van der Waals surface area contributed by atoms with Gasteiger partial charge < -0.3 is 4.74 Å². The molecule has 0 aliphatic heterocycles. The maximum atomic E-state index is 10.2. The van der Waals surface area contributed by atoms with Crippen LogP contribution in [0.25, 0.3) is 0 Å². The van der Waals surface area contributed by atoms with Crippen molar-refractivity contribution in [2.75, 3.05) is 0 Å². The first-order chi connectivity index (χ1) is 4.79. The first-order valence-electron chi connectivity index (χ1n) is 2.71. The molecular weight excluding hydrogens is 175 g/mol. The minimum absolute atomic E-state index is 0. The van der Waals surface area contributed by atoms with E-state index < -0.39 is 5.43 Å². The molecule has 0 aromatic heterocycles. The second kappa shape index (κ2) is 5.61. The first kappa shape index (κ1) is 11.0. The molecule has 54 valence electrons. The first-order valence-corrected chi connectivity index (χ1v) is 3.09. The molecule has 0 bridgehead atoms. The number of carbonyl (C=O) groups excluding carboxylic acids is 1. The van der Waals surface area contributed by atoms with Gasteiger partial charge in [0, 0.05) is 11.6 Å². The zero-order valence-electron chi connectivity index (χ0n) is 5.08. The molecule has 0 spiro atoms. The minimum atomic E-state index is -0.814. The van der Waals surface area contributed by atoms with Gasteiger partial charge in [-0.05, 0) is 12.1 Å². The van der Waals surface area contributed by atoms with E-state index in [1.54, 1.807) is 24.3 Å². The van der Waals surface area contributed by atoms with Crippen molar-refractivity contribution in [1.82, 2.24) is 0 Å². The van der Waals surface area contributed by atoms with Gasteiger partial charge in [-0.15, -0.1) is 0 Å². The molecule has 0 unspecified atom stereocenters. The Bertz CT molecular complexity index is 225. The number of para-hydroxylation sites is 1. The Morgan fingerprint density at radius 3 is 2.27 bits per heavy atom. The van der Waals surface area contributed by atoms with Crippen molar-refractivity contribution < 1.29 is 9.53 Å². The van der Waals surface area contributed by atoms with Gasteiger partial charge in [0.05, 0.1) is 0 Å². The van der Waals surface area contributed by atoms with Gasteiger partial charge in [-0.25, -0.2) is 4.79 Å². The molecule has 0 heterocycles. The Labute approximate surface area is 91.8 Å². The van der Waals surface area contributed by atoms with Crippen LogP contribution in [0.5, 0.6) is 5.75 Å². The molecule has 0 saturated carbocycles. The summed E-state index contributed by atoms with van der Waals surface area (Å²) < 4.78 is 4.54. The van der Waals surface area contributed by atoms with E-state index in [-0.39, 0.29) is 29.6 Å².